The van der Waals surface area contributed by atoms with Gasteiger partial charge in [0.2, 0.25) is 0 Å². The number of hydrogen-bond acceptors (Lipinski definition) is 3. The third kappa shape index (κ3) is 8.86. The van der Waals surface area contributed by atoms with Gasteiger partial charge in [-0.15, -0.1) is 0 Å². The lowest BCUT2D eigenvalue weighted by molar-refractivity contribution is -0.122. The van der Waals surface area contributed by atoms with E-state index in [0.29, 0.717) is 0 Å². The summed E-state index contributed by atoms with van der Waals surface area (Å²) >= 11 is 0. The summed E-state index contributed by atoms with van der Waals surface area (Å²) in [5.74, 6) is 1.71. The van der Waals surface area contributed by atoms with E-state index in [9.17, 15) is 4.79 Å². The van der Waals surface area contributed by atoms with Crippen molar-refractivity contribution in [2.75, 3.05) is 20.2 Å². The molecular formula is C18H29NO4. The largest absolute Gasteiger partial charge is 0.497 e. The van der Waals surface area contributed by atoms with Gasteiger partial charge in [0, 0.05) is 18.7 Å². The van der Waals surface area contributed by atoms with Gasteiger partial charge in [0.05, 0.1) is 7.11 Å². The second kappa shape index (κ2) is 11.5. The highest BCUT2D eigenvalue weighted by atomic mass is 16.5. The fourth-order valence-electron chi connectivity index (χ4n) is 2.09. The van der Waals surface area contributed by atoms with Crippen LogP contribution in [0.4, 0.5) is 0 Å². The summed E-state index contributed by atoms with van der Waals surface area (Å²) in [4.78, 5) is 22.4. The molecule has 0 bridgehead atoms. The third-order valence-electron chi connectivity index (χ3n) is 2.93. The SMILES string of the molecule is CC(C)C.COc1cc(C)cc(C(=O)N2CCCC2)c1.O=CO. The Hall–Kier alpha value is -2.04. The highest BCUT2D eigenvalue weighted by Crippen LogP contribution is 2.19. The van der Waals surface area contributed by atoms with Crippen LogP contribution in [0.2, 0.25) is 0 Å². The van der Waals surface area contributed by atoms with E-state index in [0.717, 1.165) is 48.7 Å². The molecule has 2 rings (SSSR count). The van der Waals surface area contributed by atoms with Crippen LogP contribution < -0.4 is 4.74 Å². The van der Waals surface area contributed by atoms with Gasteiger partial charge in [-0.1, -0.05) is 20.8 Å². The molecule has 1 aliphatic heterocycles. The molecule has 1 amide bonds. The molecule has 1 aromatic carbocycles. The summed E-state index contributed by atoms with van der Waals surface area (Å²) < 4.78 is 5.18. The molecule has 5 heteroatoms. The van der Waals surface area contributed by atoms with Crippen LogP contribution in [0.25, 0.3) is 0 Å². The van der Waals surface area contributed by atoms with Crippen molar-refractivity contribution in [1.29, 1.82) is 0 Å². The molecule has 0 unspecified atom stereocenters. The van der Waals surface area contributed by atoms with Gasteiger partial charge in [-0.25, -0.2) is 0 Å². The molecule has 1 heterocycles. The molecule has 1 aromatic rings. The second-order valence-corrected chi connectivity index (χ2v) is 6.08. The van der Waals surface area contributed by atoms with Gasteiger partial charge in [-0.05, 0) is 49.4 Å². The molecule has 1 aliphatic rings. The summed E-state index contributed by atoms with van der Waals surface area (Å²) in [5.41, 5.74) is 1.79. The summed E-state index contributed by atoms with van der Waals surface area (Å²) in [7, 11) is 1.62. The number of rotatable bonds is 2. The summed E-state index contributed by atoms with van der Waals surface area (Å²) in [6.07, 6.45) is 2.24. The van der Waals surface area contributed by atoms with Crippen LogP contribution in [0.1, 0.15) is 49.5 Å². The molecule has 5 nitrogen and oxygen atoms in total. The fourth-order valence-corrected chi connectivity index (χ4v) is 2.09. The van der Waals surface area contributed by atoms with E-state index in [-0.39, 0.29) is 12.4 Å². The predicted molar refractivity (Wildman–Crippen MR) is 92.1 cm³/mol. The average Bonchev–Trinajstić information content (AvgIpc) is 3.00. The highest BCUT2D eigenvalue weighted by Gasteiger charge is 2.19. The van der Waals surface area contributed by atoms with E-state index < -0.39 is 0 Å². The number of aryl methyl sites for hydroxylation is 1. The van der Waals surface area contributed by atoms with Gasteiger partial charge >= 0.3 is 0 Å². The monoisotopic (exact) mass is 323 g/mol. The first-order valence-corrected chi connectivity index (χ1v) is 7.88. The first-order chi connectivity index (χ1) is 10.8. The zero-order valence-corrected chi connectivity index (χ0v) is 14.8. The minimum atomic E-state index is -0.250. The molecule has 1 saturated heterocycles. The molecule has 1 fully saturated rings. The Morgan fingerprint density at radius 1 is 1.22 bits per heavy atom. The molecule has 1 N–H and O–H groups in total. The molecule has 23 heavy (non-hydrogen) atoms. The van der Waals surface area contributed by atoms with Gasteiger partial charge in [-0.2, -0.15) is 0 Å². The molecule has 130 valence electrons. The van der Waals surface area contributed by atoms with Crippen LogP contribution in [0.5, 0.6) is 5.75 Å². The van der Waals surface area contributed by atoms with Crippen molar-refractivity contribution >= 4 is 12.4 Å². The average molecular weight is 323 g/mol. The minimum absolute atomic E-state index is 0.125. The van der Waals surface area contributed by atoms with Gasteiger partial charge in [-0.3, -0.25) is 9.59 Å². The normalized spacial score (nSPS) is 12.7. The smallest absolute Gasteiger partial charge is 0.290 e. The Labute approximate surface area is 139 Å². The zero-order chi connectivity index (χ0) is 17.8. The lowest BCUT2D eigenvalue weighted by Crippen LogP contribution is -2.27. The van der Waals surface area contributed by atoms with Crippen LogP contribution in [-0.4, -0.2) is 42.6 Å². The molecule has 0 spiro atoms. The minimum Gasteiger partial charge on any atom is -0.497 e. The summed E-state index contributed by atoms with van der Waals surface area (Å²) in [6, 6.07) is 5.66. The van der Waals surface area contributed by atoms with E-state index in [1.54, 1.807) is 7.11 Å². The quantitative estimate of drug-likeness (QED) is 0.844. The Bertz CT molecular complexity index is 477. The number of ether oxygens (including phenoxy) is 1. The Kier molecular flexibility index (Phi) is 10.5. The van der Waals surface area contributed by atoms with E-state index in [2.05, 4.69) is 20.8 Å². The van der Waals surface area contributed by atoms with Crippen molar-refractivity contribution in [3.05, 3.63) is 29.3 Å². The number of benzene rings is 1. The molecule has 0 aromatic heterocycles. The first-order valence-electron chi connectivity index (χ1n) is 7.88. The van der Waals surface area contributed by atoms with Gasteiger partial charge in [0.25, 0.3) is 12.4 Å². The molecule has 0 radical (unpaired) electrons. The number of carboxylic acid groups (broad SMARTS) is 1. The number of carbonyl (C=O) groups is 2. The molecule has 0 saturated carbocycles. The van der Waals surface area contributed by atoms with Crippen LogP contribution >= 0.6 is 0 Å². The van der Waals surface area contributed by atoms with Crippen molar-refractivity contribution in [2.45, 2.75) is 40.5 Å². The van der Waals surface area contributed by atoms with Crippen molar-refractivity contribution in [2.24, 2.45) is 5.92 Å². The maximum Gasteiger partial charge on any atom is 0.290 e. The van der Waals surface area contributed by atoms with Crippen LogP contribution in [0, 0.1) is 12.8 Å². The highest BCUT2D eigenvalue weighted by molar-refractivity contribution is 5.95. The predicted octanol–water partition coefficient (Wildman–Crippen LogP) is 3.60. The number of nitrogens with zero attached hydrogens (tertiary/aromatic N) is 1. The fraction of sp³-hybridized carbons (Fsp3) is 0.556. The van der Waals surface area contributed by atoms with Crippen LogP contribution in [0.3, 0.4) is 0 Å². The number of methoxy groups -OCH3 is 1. The lowest BCUT2D eigenvalue weighted by atomic mass is 10.1. The molecule has 0 atom stereocenters. The Balaban J connectivity index is 0.000000591. The first kappa shape index (κ1) is 21.0. The maximum atomic E-state index is 12.1. The Morgan fingerprint density at radius 2 is 1.70 bits per heavy atom. The number of carbonyl (C=O) groups excluding carboxylic acids is 1. The molecular weight excluding hydrogens is 294 g/mol. The van der Waals surface area contributed by atoms with Crippen molar-refractivity contribution in [1.82, 2.24) is 4.90 Å². The standard InChI is InChI=1S/C13H17NO2.C4H10.CH2O2/c1-10-7-11(9-12(8-10)16-2)13(15)14-5-3-4-6-14;1-4(2)3;2-1-3/h7-9H,3-6H2,1-2H3;4H,1-3H3;1H,(H,2,3). The second-order valence-electron chi connectivity index (χ2n) is 6.08. The van der Waals surface area contributed by atoms with Crippen LogP contribution in [0.15, 0.2) is 18.2 Å². The Morgan fingerprint density at radius 3 is 2.13 bits per heavy atom. The zero-order valence-electron chi connectivity index (χ0n) is 14.8. The summed E-state index contributed by atoms with van der Waals surface area (Å²) in [5, 5.41) is 6.89. The number of hydrogen-bond donors (Lipinski definition) is 1. The summed E-state index contributed by atoms with van der Waals surface area (Å²) in [6.45, 7) is 9.99. The van der Waals surface area contributed by atoms with Gasteiger partial charge < -0.3 is 14.7 Å². The van der Waals surface area contributed by atoms with Crippen molar-refractivity contribution in [3.8, 4) is 5.75 Å². The molecule has 0 aliphatic carbocycles. The number of likely N-dealkylation sites (tertiary alicyclic amines) is 1. The van der Waals surface area contributed by atoms with Crippen LogP contribution in [-0.2, 0) is 4.79 Å². The maximum absolute atomic E-state index is 12.1. The van der Waals surface area contributed by atoms with Gasteiger partial charge in [0.15, 0.2) is 0 Å². The van der Waals surface area contributed by atoms with E-state index in [1.807, 2.05) is 30.0 Å². The van der Waals surface area contributed by atoms with E-state index in [4.69, 9.17) is 14.6 Å². The number of amides is 1. The van der Waals surface area contributed by atoms with E-state index in [1.165, 1.54) is 0 Å². The van der Waals surface area contributed by atoms with E-state index >= 15 is 0 Å². The third-order valence-corrected chi connectivity index (χ3v) is 2.93. The van der Waals surface area contributed by atoms with Gasteiger partial charge in [0.1, 0.15) is 5.75 Å². The lowest BCUT2D eigenvalue weighted by Gasteiger charge is -2.16. The van der Waals surface area contributed by atoms with Crippen molar-refractivity contribution < 1.29 is 19.4 Å². The van der Waals surface area contributed by atoms with Crippen molar-refractivity contribution in [3.63, 3.8) is 0 Å². The topological polar surface area (TPSA) is 66.8 Å².